The fourth-order valence-corrected chi connectivity index (χ4v) is 1.46. The number of rotatable bonds is 2. The Labute approximate surface area is 81.5 Å². The Bertz CT molecular complexity index is 357. The lowest BCUT2D eigenvalue weighted by Crippen LogP contribution is -1.95. The number of nitrogens with two attached hydrogens (primary N) is 1. The van der Waals surface area contributed by atoms with Crippen molar-refractivity contribution in [2.24, 2.45) is 5.14 Å². The smallest absolute Gasteiger partial charge is 0.142 e. The molecule has 0 bridgehead atoms. The SMILES string of the molecule is C#Cc1cnc(C)c(O)c1CSN. The average Bonchev–Trinajstić information content (AvgIpc) is 2.14. The van der Waals surface area contributed by atoms with Crippen molar-refractivity contribution in [3.05, 3.63) is 23.0 Å². The molecule has 3 N–H and O–H groups in total. The van der Waals surface area contributed by atoms with E-state index in [0.29, 0.717) is 22.6 Å². The molecule has 0 saturated carbocycles. The molecule has 0 radical (unpaired) electrons. The Morgan fingerprint density at radius 2 is 2.46 bits per heavy atom. The Morgan fingerprint density at radius 3 is 3.00 bits per heavy atom. The predicted molar refractivity (Wildman–Crippen MR) is 54.1 cm³/mol. The molecule has 13 heavy (non-hydrogen) atoms. The van der Waals surface area contributed by atoms with Crippen LogP contribution in [0.3, 0.4) is 0 Å². The van der Waals surface area contributed by atoms with E-state index < -0.39 is 0 Å². The van der Waals surface area contributed by atoms with Gasteiger partial charge in [0.25, 0.3) is 0 Å². The summed E-state index contributed by atoms with van der Waals surface area (Å²) in [5.41, 5.74) is 1.85. The van der Waals surface area contributed by atoms with E-state index in [1.807, 2.05) is 0 Å². The number of hydrogen-bond acceptors (Lipinski definition) is 4. The van der Waals surface area contributed by atoms with Crippen LogP contribution in [0, 0.1) is 19.3 Å². The van der Waals surface area contributed by atoms with Crippen LogP contribution in [0.15, 0.2) is 6.20 Å². The van der Waals surface area contributed by atoms with Crippen LogP contribution in [0.25, 0.3) is 0 Å². The Hall–Kier alpha value is -1.18. The molecule has 0 spiro atoms. The van der Waals surface area contributed by atoms with Gasteiger partial charge in [0.1, 0.15) is 5.75 Å². The van der Waals surface area contributed by atoms with Gasteiger partial charge in [-0.1, -0.05) is 17.9 Å². The summed E-state index contributed by atoms with van der Waals surface area (Å²) >= 11 is 1.12. The maximum absolute atomic E-state index is 9.61. The van der Waals surface area contributed by atoms with Gasteiger partial charge >= 0.3 is 0 Å². The molecule has 0 aliphatic heterocycles. The number of nitrogens with zero attached hydrogens (tertiary/aromatic N) is 1. The summed E-state index contributed by atoms with van der Waals surface area (Å²) in [7, 11) is 0. The molecule has 0 aromatic carbocycles. The lowest BCUT2D eigenvalue weighted by atomic mass is 10.1. The first-order valence-corrected chi connectivity index (χ1v) is 4.71. The number of aromatic nitrogens is 1. The molecule has 1 rings (SSSR count). The molecule has 0 fully saturated rings. The highest BCUT2D eigenvalue weighted by molar-refractivity contribution is 7.96. The Balaban J connectivity index is 3.26. The minimum atomic E-state index is 0.147. The molecule has 4 heteroatoms. The maximum Gasteiger partial charge on any atom is 0.142 e. The molecule has 0 atom stereocenters. The molecule has 68 valence electrons. The zero-order valence-corrected chi connectivity index (χ0v) is 8.06. The van der Waals surface area contributed by atoms with E-state index in [1.54, 1.807) is 13.1 Å². The van der Waals surface area contributed by atoms with Crippen molar-refractivity contribution >= 4 is 11.9 Å². The molecular formula is C9H10N2OS. The first-order chi connectivity index (χ1) is 6.20. The normalized spacial score (nSPS) is 9.62. The van der Waals surface area contributed by atoms with Gasteiger partial charge in [-0.25, -0.2) is 0 Å². The van der Waals surface area contributed by atoms with Crippen molar-refractivity contribution in [1.29, 1.82) is 0 Å². The molecule has 1 aromatic rings. The van der Waals surface area contributed by atoms with Crippen LogP contribution in [-0.4, -0.2) is 10.1 Å². The number of pyridine rings is 1. The highest BCUT2D eigenvalue weighted by Gasteiger charge is 2.09. The van der Waals surface area contributed by atoms with E-state index >= 15 is 0 Å². The summed E-state index contributed by atoms with van der Waals surface area (Å²) in [5, 5.41) is 14.9. The van der Waals surface area contributed by atoms with E-state index in [0.717, 1.165) is 11.9 Å². The van der Waals surface area contributed by atoms with E-state index in [9.17, 15) is 5.11 Å². The second kappa shape index (κ2) is 4.17. The monoisotopic (exact) mass is 194 g/mol. The fraction of sp³-hybridized carbons (Fsp3) is 0.222. The summed E-state index contributed by atoms with van der Waals surface area (Å²) in [5.74, 6) is 3.10. The first kappa shape index (κ1) is 9.90. The van der Waals surface area contributed by atoms with Gasteiger partial charge in [0.15, 0.2) is 0 Å². The van der Waals surface area contributed by atoms with Gasteiger partial charge in [-0.05, 0) is 6.92 Å². The number of terminal acetylenes is 1. The molecule has 0 unspecified atom stereocenters. The summed E-state index contributed by atoms with van der Waals surface area (Å²) in [4.78, 5) is 3.95. The Morgan fingerprint density at radius 1 is 1.77 bits per heavy atom. The van der Waals surface area contributed by atoms with Crippen LogP contribution in [0.2, 0.25) is 0 Å². The van der Waals surface area contributed by atoms with Crippen LogP contribution in [0.1, 0.15) is 16.8 Å². The average molecular weight is 194 g/mol. The van der Waals surface area contributed by atoms with Gasteiger partial charge in [0.2, 0.25) is 0 Å². The minimum absolute atomic E-state index is 0.147. The van der Waals surface area contributed by atoms with Gasteiger partial charge in [0.05, 0.1) is 11.3 Å². The zero-order valence-electron chi connectivity index (χ0n) is 7.24. The number of aromatic hydroxyl groups is 1. The molecule has 0 aliphatic rings. The zero-order chi connectivity index (χ0) is 9.84. The minimum Gasteiger partial charge on any atom is -0.506 e. The topological polar surface area (TPSA) is 59.1 Å². The van der Waals surface area contributed by atoms with Crippen LogP contribution < -0.4 is 5.14 Å². The van der Waals surface area contributed by atoms with Gasteiger partial charge < -0.3 is 5.11 Å². The summed E-state index contributed by atoms with van der Waals surface area (Å²) in [6.07, 6.45) is 6.82. The van der Waals surface area contributed by atoms with Crippen molar-refractivity contribution in [3.8, 4) is 18.1 Å². The molecule has 0 amide bonds. The van der Waals surface area contributed by atoms with Crippen molar-refractivity contribution in [3.63, 3.8) is 0 Å². The van der Waals surface area contributed by atoms with Crippen molar-refractivity contribution in [1.82, 2.24) is 4.98 Å². The van der Waals surface area contributed by atoms with Crippen LogP contribution in [-0.2, 0) is 5.75 Å². The van der Waals surface area contributed by atoms with Gasteiger partial charge in [-0.2, -0.15) is 0 Å². The lowest BCUT2D eigenvalue weighted by Gasteiger charge is -2.06. The number of hydrogen-bond donors (Lipinski definition) is 2. The quantitative estimate of drug-likeness (QED) is 0.548. The second-order valence-corrected chi connectivity index (χ2v) is 3.16. The second-order valence-electron chi connectivity index (χ2n) is 2.54. The third-order valence-electron chi connectivity index (χ3n) is 1.72. The highest BCUT2D eigenvalue weighted by atomic mass is 32.2. The van der Waals surface area contributed by atoms with Crippen LogP contribution >= 0.6 is 11.9 Å². The van der Waals surface area contributed by atoms with Crippen molar-refractivity contribution < 1.29 is 5.11 Å². The van der Waals surface area contributed by atoms with E-state index in [-0.39, 0.29) is 5.75 Å². The summed E-state index contributed by atoms with van der Waals surface area (Å²) in [6.45, 7) is 1.72. The standard InChI is InChI=1S/C9H10N2OS/c1-3-7-4-11-6(2)9(12)8(7)5-13-10/h1,4,12H,5,10H2,2H3. The molecular weight excluding hydrogens is 184 g/mol. The third-order valence-corrected chi connectivity index (χ3v) is 2.18. The molecule has 3 nitrogen and oxygen atoms in total. The summed E-state index contributed by atoms with van der Waals surface area (Å²) < 4.78 is 0. The molecule has 0 saturated heterocycles. The summed E-state index contributed by atoms with van der Waals surface area (Å²) in [6, 6.07) is 0. The fourth-order valence-electron chi connectivity index (χ4n) is 1.00. The van der Waals surface area contributed by atoms with Crippen molar-refractivity contribution in [2.75, 3.05) is 0 Å². The largest absolute Gasteiger partial charge is 0.506 e. The van der Waals surface area contributed by atoms with E-state index in [2.05, 4.69) is 10.9 Å². The third kappa shape index (κ3) is 1.94. The maximum atomic E-state index is 9.61. The van der Waals surface area contributed by atoms with E-state index in [1.165, 1.54) is 0 Å². The molecule has 1 heterocycles. The van der Waals surface area contributed by atoms with Crippen molar-refractivity contribution in [2.45, 2.75) is 12.7 Å². The molecule has 1 aromatic heterocycles. The highest BCUT2D eigenvalue weighted by Crippen LogP contribution is 2.25. The van der Waals surface area contributed by atoms with Gasteiger partial charge in [-0.3, -0.25) is 10.1 Å². The van der Waals surface area contributed by atoms with Crippen LogP contribution in [0.5, 0.6) is 5.75 Å². The van der Waals surface area contributed by atoms with Crippen LogP contribution in [0.4, 0.5) is 0 Å². The molecule has 0 aliphatic carbocycles. The predicted octanol–water partition coefficient (Wildman–Crippen LogP) is 1.18. The van der Waals surface area contributed by atoms with Gasteiger partial charge in [-0.15, -0.1) is 6.42 Å². The van der Waals surface area contributed by atoms with E-state index in [4.69, 9.17) is 11.6 Å². The van der Waals surface area contributed by atoms with Gasteiger partial charge in [0, 0.05) is 17.5 Å². The first-order valence-electron chi connectivity index (χ1n) is 3.66. The number of aryl methyl sites for hydroxylation is 1. The lowest BCUT2D eigenvalue weighted by molar-refractivity contribution is 0.462. The Kier molecular flexibility index (Phi) is 3.18.